The van der Waals surface area contributed by atoms with Crippen molar-refractivity contribution in [3.63, 3.8) is 0 Å². The molecule has 0 bridgehead atoms. The Morgan fingerprint density at radius 1 is 1.14 bits per heavy atom. The lowest BCUT2D eigenvalue weighted by Gasteiger charge is -2.60. The van der Waals surface area contributed by atoms with E-state index in [0.29, 0.717) is 37.5 Å². The molecule has 37 heavy (non-hydrogen) atoms. The van der Waals surface area contributed by atoms with Crippen LogP contribution in [-0.2, 0) is 13.1 Å². The zero-order valence-corrected chi connectivity index (χ0v) is 20.9. The molecular weight excluding hydrogens is 508 g/mol. The largest absolute Gasteiger partial charge is 0.363 e. The first-order chi connectivity index (χ1) is 17.7. The fourth-order valence-electron chi connectivity index (χ4n) is 6.52. The maximum absolute atomic E-state index is 14.6. The summed E-state index contributed by atoms with van der Waals surface area (Å²) >= 11 is 6.33. The van der Waals surface area contributed by atoms with E-state index in [-0.39, 0.29) is 11.3 Å². The molecule has 1 aromatic carbocycles. The predicted molar refractivity (Wildman–Crippen MR) is 130 cm³/mol. The van der Waals surface area contributed by atoms with Crippen molar-refractivity contribution in [3.8, 4) is 5.69 Å². The first kappa shape index (κ1) is 23.7. The molecule has 3 fully saturated rings. The Bertz CT molecular complexity index is 1300. The summed E-state index contributed by atoms with van der Waals surface area (Å²) in [6.07, 6.45) is 2.48. The van der Waals surface area contributed by atoms with Gasteiger partial charge in [-0.1, -0.05) is 11.6 Å². The summed E-state index contributed by atoms with van der Waals surface area (Å²) in [4.78, 5) is 4.16. The zero-order chi connectivity index (χ0) is 25.5. The molecule has 0 amide bonds. The number of alkyl halides is 3. The van der Waals surface area contributed by atoms with E-state index in [1.807, 2.05) is 18.2 Å². The minimum atomic E-state index is -2.87. The van der Waals surface area contributed by atoms with Crippen LogP contribution < -0.4 is 5.32 Å². The molecule has 2 aromatic rings. The van der Waals surface area contributed by atoms with Gasteiger partial charge in [0.25, 0.3) is 6.43 Å². The summed E-state index contributed by atoms with van der Waals surface area (Å²) in [5, 5.41) is 12.4. The van der Waals surface area contributed by atoms with Crippen LogP contribution in [0, 0.1) is 5.41 Å². The van der Waals surface area contributed by atoms with Crippen LogP contribution in [0.25, 0.3) is 5.69 Å². The maximum Gasteiger partial charge on any atom is 0.280 e. The summed E-state index contributed by atoms with van der Waals surface area (Å²) < 4.78 is 56.7. The number of hydrogen-bond donors (Lipinski definition) is 1. The van der Waals surface area contributed by atoms with E-state index >= 15 is 0 Å². The summed E-state index contributed by atoms with van der Waals surface area (Å²) in [5.74, 6) is 1.03. The van der Waals surface area contributed by atoms with Gasteiger partial charge in [0.2, 0.25) is 0 Å². The number of dihydropyridines is 1. The third-order valence-corrected chi connectivity index (χ3v) is 8.73. The monoisotopic (exact) mass is 534 g/mol. The lowest BCUT2D eigenvalue weighted by Crippen LogP contribution is -2.66. The second-order valence-electron chi connectivity index (χ2n) is 11.4. The van der Waals surface area contributed by atoms with E-state index in [9.17, 15) is 17.6 Å². The number of hydrogen-bond acceptors (Lipinski definition) is 5. The Morgan fingerprint density at radius 3 is 2.65 bits per heavy atom. The number of benzene rings is 1. The molecule has 1 spiro atoms. The molecule has 0 radical (unpaired) electrons. The second kappa shape index (κ2) is 8.28. The number of rotatable bonds is 5. The zero-order valence-electron chi connectivity index (χ0n) is 20.1. The van der Waals surface area contributed by atoms with Crippen molar-refractivity contribution < 1.29 is 17.6 Å². The highest BCUT2D eigenvalue weighted by Crippen LogP contribution is 2.56. The molecular formula is C26H27ClF4N6. The average molecular weight is 535 g/mol. The van der Waals surface area contributed by atoms with Gasteiger partial charge in [0, 0.05) is 37.1 Å². The normalized spacial score (nSPS) is 26.4. The number of aromatic nitrogens is 3. The Hall–Kier alpha value is -2.43. The summed E-state index contributed by atoms with van der Waals surface area (Å²) in [7, 11) is 0. The van der Waals surface area contributed by atoms with E-state index < -0.39 is 29.8 Å². The Balaban J connectivity index is 1.07. The van der Waals surface area contributed by atoms with E-state index in [1.165, 1.54) is 0 Å². The second-order valence-corrected chi connectivity index (χ2v) is 11.8. The van der Waals surface area contributed by atoms with Crippen LogP contribution in [0.4, 0.5) is 17.6 Å². The van der Waals surface area contributed by atoms with Crippen LogP contribution in [-0.4, -0.2) is 62.5 Å². The van der Waals surface area contributed by atoms with Gasteiger partial charge in [0.15, 0.2) is 5.82 Å². The summed E-state index contributed by atoms with van der Waals surface area (Å²) in [6.45, 7) is 3.00. The smallest absolute Gasteiger partial charge is 0.280 e. The highest BCUT2D eigenvalue weighted by atomic mass is 35.5. The van der Waals surface area contributed by atoms with Gasteiger partial charge in [0.05, 0.1) is 18.4 Å². The average Bonchev–Trinajstić information content (AvgIpc) is 3.42. The van der Waals surface area contributed by atoms with Gasteiger partial charge >= 0.3 is 0 Å². The summed E-state index contributed by atoms with van der Waals surface area (Å²) in [5.41, 5.74) is 0.382. The first-order valence-corrected chi connectivity index (χ1v) is 13.1. The van der Waals surface area contributed by atoms with Crippen molar-refractivity contribution in [2.24, 2.45) is 5.41 Å². The molecule has 4 heterocycles. The van der Waals surface area contributed by atoms with Crippen LogP contribution in [0.15, 0.2) is 41.9 Å². The van der Waals surface area contributed by atoms with E-state index in [4.69, 9.17) is 11.6 Å². The lowest BCUT2D eigenvalue weighted by atomic mass is 9.57. The van der Waals surface area contributed by atoms with Gasteiger partial charge in [-0.25, -0.2) is 17.6 Å². The molecule has 3 aliphatic heterocycles. The Kier molecular flexibility index (Phi) is 5.30. The van der Waals surface area contributed by atoms with Crippen molar-refractivity contribution in [1.29, 1.82) is 0 Å². The van der Waals surface area contributed by atoms with Gasteiger partial charge < -0.3 is 5.32 Å². The standard InChI is InChI=1S/C26H27ClF4N6/c27-17-1-3-19-15(7-17)10-35(14-26(31)5-6-26)11-21-33-34-24(37(19)21)16-8-25(9-16)12-36(13-25)20-4-2-18(28)22(32-20)23(29)30/h1-4,7,16,20,23,32H,5-6,8-14H2. The van der Waals surface area contributed by atoms with Crippen molar-refractivity contribution in [3.05, 3.63) is 64.1 Å². The molecule has 196 valence electrons. The number of likely N-dealkylation sites (tertiary alicyclic amines) is 1. The van der Waals surface area contributed by atoms with Crippen molar-refractivity contribution in [2.75, 3.05) is 19.6 Å². The fraction of sp³-hybridized carbons (Fsp3) is 0.538. The number of halogens is 5. The topological polar surface area (TPSA) is 49.2 Å². The van der Waals surface area contributed by atoms with Crippen molar-refractivity contribution >= 4 is 11.6 Å². The van der Waals surface area contributed by atoms with Gasteiger partial charge in [0.1, 0.15) is 23.0 Å². The Morgan fingerprint density at radius 2 is 1.92 bits per heavy atom. The van der Waals surface area contributed by atoms with Gasteiger partial charge in [-0.05, 0) is 67.0 Å². The SMILES string of the molecule is FC1=C(C(F)F)NC(N2CC3(CC(c4nnc5n4-c4ccc(Cl)cc4CN(CC4(F)CC4)C5)C3)C2)C=C1. The molecule has 1 atom stereocenters. The quantitative estimate of drug-likeness (QED) is 0.556. The third kappa shape index (κ3) is 4.08. The number of fused-ring (bicyclic) bond motifs is 3. The molecule has 11 heteroatoms. The molecule has 2 aliphatic carbocycles. The number of allylic oxidation sites excluding steroid dienone is 3. The Labute approximate surface area is 217 Å². The fourth-order valence-corrected chi connectivity index (χ4v) is 6.72. The van der Waals surface area contributed by atoms with Crippen LogP contribution in [0.1, 0.15) is 48.8 Å². The minimum Gasteiger partial charge on any atom is -0.363 e. The van der Waals surface area contributed by atoms with E-state index in [2.05, 4.69) is 29.9 Å². The van der Waals surface area contributed by atoms with Gasteiger partial charge in [-0.3, -0.25) is 14.4 Å². The molecule has 6 nitrogen and oxygen atoms in total. The maximum atomic E-state index is 14.6. The van der Waals surface area contributed by atoms with Crippen LogP contribution in [0.2, 0.25) is 5.02 Å². The first-order valence-electron chi connectivity index (χ1n) is 12.7. The molecule has 1 unspecified atom stereocenters. The lowest BCUT2D eigenvalue weighted by molar-refractivity contribution is -0.0928. The minimum absolute atomic E-state index is 0.101. The van der Waals surface area contributed by atoms with Gasteiger partial charge in [-0.2, -0.15) is 0 Å². The van der Waals surface area contributed by atoms with E-state index in [0.717, 1.165) is 54.9 Å². The molecule has 7 rings (SSSR count). The highest BCUT2D eigenvalue weighted by Gasteiger charge is 2.55. The van der Waals surface area contributed by atoms with Crippen LogP contribution in [0.5, 0.6) is 0 Å². The predicted octanol–water partition coefficient (Wildman–Crippen LogP) is 4.85. The van der Waals surface area contributed by atoms with Crippen molar-refractivity contribution in [2.45, 2.75) is 63.0 Å². The molecule has 2 saturated carbocycles. The van der Waals surface area contributed by atoms with Crippen molar-refractivity contribution in [1.82, 2.24) is 29.9 Å². The molecule has 1 aromatic heterocycles. The molecule has 5 aliphatic rings. The summed E-state index contributed by atoms with van der Waals surface area (Å²) in [6, 6.07) is 5.80. The van der Waals surface area contributed by atoms with E-state index in [1.54, 1.807) is 6.08 Å². The van der Waals surface area contributed by atoms with Crippen LogP contribution in [0.3, 0.4) is 0 Å². The highest BCUT2D eigenvalue weighted by molar-refractivity contribution is 6.30. The van der Waals surface area contributed by atoms with Gasteiger partial charge in [-0.15, -0.1) is 10.2 Å². The van der Waals surface area contributed by atoms with Crippen LogP contribution >= 0.6 is 11.6 Å². The number of nitrogens with one attached hydrogen (secondary N) is 1. The molecule has 1 saturated heterocycles. The third-order valence-electron chi connectivity index (χ3n) is 8.49. The molecule has 1 N–H and O–H groups in total. The number of nitrogens with zero attached hydrogens (tertiary/aromatic N) is 5.